The van der Waals surface area contributed by atoms with E-state index in [2.05, 4.69) is 10.1 Å². The Labute approximate surface area is 193 Å². The van der Waals surface area contributed by atoms with Gasteiger partial charge in [-0.2, -0.15) is 10.5 Å². The van der Waals surface area contributed by atoms with Crippen LogP contribution >= 0.6 is 0 Å². The summed E-state index contributed by atoms with van der Waals surface area (Å²) in [6.45, 7) is 3.95. The van der Waals surface area contributed by atoms with Crippen molar-refractivity contribution in [3.8, 4) is 12.1 Å². The summed E-state index contributed by atoms with van der Waals surface area (Å²) >= 11 is 0. The summed E-state index contributed by atoms with van der Waals surface area (Å²) < 4.78 is 5.03. The molecule has 9 nitrogen and oxygen atoms in total. The number of rotatable bonds is 12. The monoisotopic (exact) mass is 451 g/mol. The first-order chi connectivity index (χ1) is 15.9. The second kappa shape index (κ2) is 12.9. The summed E-state index contributed by atoms with van der Waals surface area (Å²) in [5, 5.41) is 22.8. The minimum atomic E-state index is -0.952. The SMILES string of the molecule is COC(=O)[C@H](Cc1c[nH]c2ccccc12)N(CCC#N)C(=O)C(CC(C)C)=NOCCC#N. The lowest BCUT2D eigenvalue weighted by atomic mass is 10.0. The zero-order valence-electron chi connectivity index (χ0n) is 19.2. The normalized spacial score (nSPS) is 12.1. The fourth-order valence-electron chi connectivity index (χ4n) is 3.47. The average molecular weight is 452 g/mol. The van der Waals surface area contributed by atoms with Crippen molar-refractivity contribution in [3.05, 3.63) is 36.0 Å². The molecule has 0 aliphatic rings. The van der Waals surface area contributed by atoms with Crippen molar-refractivity contribution in [3.63, 3.8) is 0 Å². The number of para-hydroxylation sites is 1. The van der Waals surface area contributed by atoms with E-state index in [1.165, 1.54) is 12.0 Å². The molecule has 0 unspecified atom stereocenters. The molecule has 1 heterocycles. The van der Waals surface area contributed by atoms with Crippen LogP contribution in [0.25, 0.3) is 10.9 Å². The van der Waals surface area contributed by atoms with Gasteiger partial charge >= 0.3 is 5.97 Å². The fourth-order valence-corrected chi connectivity index (χ4v) is 3.47. The molecule has 0 aliphatic heterocycles. The number of nitriles is 2. The number of aromatic nitrogens is 1. The molecule has 1 atom stereocenters. The van der Waals surface area contributed by atoms with Crippen LogP contribution in [-0.4, -0.2) is 53.8 Å². The molecule has 33 heavy (non-hydrogen) atoms. The van der Waals surface area contributed by atoms with E-state index in [0.29, 0.717) is 6.42 Å². The number of benzene rings is 1. The number of nitrogens with zero attached hydrogens (tertiary/aromatic N) is 4. The van der Waals surface area contributed by atoms with E-state index < -0.39 is 17.9 Å². The zero-order chi connectivity index (χ0) is 24.2. The van der Waals surface area contributed by atoms with Gasteiger partial charge in [-0.1, -0.05) is 37.2 Å². The molecule has 0 bridgehead atoms. The summed E-state index contributed by atoms with van der Waals surface area (Å²) in [7, 11) is 1.27. The second-order valence-electron chi connectivity index (χ2n) is 7.89. The maximum atomic E-state index is 13.5. The molecule has 2 rings (SSSR count). The van der Waals surface area contributed by atoms with Crippen LogP contribution in [0.3, 0.4) is 0 Å². The molecule has 0 saturated heterocycles. The van der Waals surface area contributed by atoms with E-state index in [9.17, 15) is 9.59 Å². The number of amides is 1. The van der Waals surface area contributed by atoms with Crippen LogP contribution in [0.4, 0.5) is 0 Å². The third kappa shape index (κ3) is 7.08. The van der Waals surface area contributed by atoms with Crippen molar-refractivity contribution in [1.29, 1.82) is 10.5 Å². The van der Waals surface area contributed by atoms with Crippen molar-refractivity contribution >= 4 is 28.5 Å². The number of nitrogens with one attached hydrogen (secondary N) is 1. The quantitative estimate of drug-likeness (QED) is 0.228. The summed E-state index contributed by atoms with van der Waals surface area (Å²) in [5.41, 5.74) is 1.90. The maximum absolute atomic E-state index is 13.5. The number of oxime groups is 1. The Kier molecular flexibility index (Phi) is 9.91. The molecule has 174 valence electrons. The van der Waals surface area contributed by atoms with Gasteiger partial charge in [0.15, 0.2) is 0 Å². The number of esters is 1. The number of hydrogen-bond donors (Lipinski definition) is 1. The van der Waals surface area contributed by atoms with E-state index in [1.54, 1.807) is 0 Å². The van der Waals surface area contributed by atoms with Crippen LogP contribution in [0.1, 0.15) is 38.7 Å². The maximum Gasteiger partial charge on any atom is 0.328 e. The first-order valence-corrected chi connectivity index (χ1v) is 10.8. The summed E-state index contributed by atoms with van der Waals surface area (Å²) in [5.74, 6) is -0.984. The highest BCUT2D eigenvalue weighted by atomic mass is 16.6. The van der Waals surface area contributed by atoms with E-state index in [-0.39, 0.29) is 44.0 Å². The van der Waals surface area contributed by atoms with Crippen molar-refractivity contribution in [2.24, 2.45) is 11.1 Å². The number of aromatic amines is 1. The molecule has 0 fully saturated rings. The molecule has 0 spiro atoms. The van der Waals surface area contributed by atoms with Gasteiger partial charge in [-0.15, -0.1) is 0 Å². The summed E-state index contributed by atoms with van der Waals surface area (Å²) in [6.07, 6.45) is 2.50. The molecule has 1 aromatic heterocycles. The second-order valence-corrected chi connectivity index (χ2v) is 7.89. The molecular formula is C24H29N5O4. The lowest BCUT2D eigenvalue weighted by molar-refractivity contribution is -0.150. The van der Waals surface area contributed by atoms with Gasteiger partial charge < -0.3 is 19.5 Å². The first-order valence-electron chi connectivity index (χ1n) is 10.8. The van der Waals surface area contributed by atoms with Crippen molar-refractivity contribution in [2.45, 2.75) is 45.6 Å². The Bertz CT molecular complexity index is 1060. The lowest BCUT2D eigenvalue weighted by Gasteiger charge is -2.30. The number of H-pyrrole nitrogens is 1. The molecule has 1 amide bonds. The van der Waals surface area contributed by atoms with Crippen LogP contribution in [0, 0.1) is 28.6 Å². The molecule has 0 aliphatic carbocycles. The van der Waals surface area contributed by atoms with Crippen LogP contribution in [0.5, 0.6) is 0 Å². The van der Waals surface area contributed by atoms with Crippen LogP contribution in [0.2, 0.25) is 0 Å². The Morgan fingerprint density at radius 1 is 1.18 bits per heavy atom. The summed E-state index contributed by atoms with van der Waals surface area (Å²) in [6, 6.07) is 10.7. The highest BCUT2D eigenvalue weighted by Crippen LogP contribution is 2.22. The highest BCUT2D eigenvalue weighted by molar-refractivity contribution is 6.39. The number of fused-ring (bicyclic) bond motifs is 1. The van der Waals surface area contributed by atoms with Crippen LogP contribution in [0.15, 0.2) is 35.6 Å². The smallest absolute Gasteiger partial charge is 0.328 e. The number of ether oxygens (including phenoxy) is 1. The minimum absolute atomic E-state index is 0.0345. The van der Waals surface area contributed by atoms with E-state index in [1.807, 2.05) is 56.4 Å². The molecule has 1 aromatic carbocycles. The van der Waals surface area contributed by atoms with Crippen LogP contribution < -0.4 is 0 Å². The third-order valence-electron chi connectivity index (χ3n) is 4.99. The minimum Gasteiger partial charge on any atom is -0.467 e. The molecule has 1 N–H and O–H groups in total. The van der Waals surface area contributed by atoms with Gasteiger partial charge in [-0.3, -0.25) is 4.79 Å². The van der Waals surface area contributed by atoms with Crippen molar-refractivity contribution < 1.29 is 19.2 Å². The largest absolute Gasteiger partial charge is 0.467 e. The molecule has 2 aromatic rings. The number of carbonyl (C=O) groups excluding carboxylic acids is 2. The topological polar surface area (TPSA) is 132 Å². The van der Waals surface area contributed by atoms with Gasteiger partial charge in [0.25, 0.3) is 5.91 Å². The Morgan fingerprint density at radius 2 is 1.91 bits per heavy atom. The molecule has 0 radical (unpaired) electrons. The Hall–Kier alpha value is -3.85. The molecular weight excluding hydrogens is 422 g/mol. The average Bonchev–Trinajstić information content (AvgIpc) is 3.22. The fraction of sp³-hybridized carbons (Fsp3) is 0.458. The zero-order valence-corrected chi connectivity index (χ0v) is 19.2. The Morgan fingerprint density at radius 3 is 2.58 bits per heavy atom. The number of hydrogen-bond acceptors (Lipinski definition) is 7. The van der Waals surface area contributed by atoms with E-state index in [4.69, 9.17) is 20.1 Å². The number of methoxy groups -OCH3 is 1. The van der Waals surface area contributed by atoms with Gasteiger partial charge in [0.1, 0.15) is 18.4 Å². The lowest BCUT2D eigenvalue weighted by Crippen LogP contribution is -2.50. The Balaban J connectivity index is 2.41. The summed E-state index contributed by atoms with van der Waals surface area (Å²) in [4.78, 5) is 36.0. The van der Waals surface area contributed by atoms with E-state index in [0.717, 1.165) is 16.5 Å². The van der Waals surface area contributed by atoms with Gasteiger partial charge in [-0.25, -0.2) is 4.79 Å². The predicted octanol–water partition coefficient (Wildman–Crippen LogP) is 3.33. The van der Waals surface area contributed by atoms with Crippen LogP contribution in [-0.2, 0) is 25.6 Å². The standard InChI is InChI=1S/C24H29N5O4/c1-17(2)14-21(28-33-13-7-11-26)23(30)29(12-6-10-25)22(24(31)32-3)15-18-16-27-20-9-5-4-8-19(18)20/h4-5,8-9,16-17,22,27H,6-7,12-15H2,1-3H3/t22-/m0/s1. The van der Waals surface area contributed by atoms with Gasteiger partial charge in [0, 0.05) is 36.5 Å². The van der Waals surface area contributed by atoms with Crippen molar-refractivity contribution in [1.82, 2.24) is 9.88 Å². The predicted molar refractivity (Wildman–Crippen MR) is 123 cm³/mol. The molecule has 9 heteroatoms. The highest BCUT2D eigenvalue weighted by Gasteiger charge is 2.34. The third-order valence-corrected chi connectivity index (χ3v) is 4.99. The molecule has 0 saturated carbocycles. The van der Waals surface area contributed by atoms with Gasteiger partial charge in [0.05, 0.1) is 32.1 Å². The van der Waals surface area contributed by atoms with Gasteiger partial charge in [0.2, 0.25) is 0 Å². The van der Waals surface area contributed by atoms with Crippen molar-refractivity contribution in [2.75, 3.05) is 20.3 Å². The first kappa shape index (κ1) is 25.4. The van der Waals surface area contributed by atoms with Gasteiger partial charge in [-0.05, 0) is 17.5 Å². The van der Waals surface area contributed by atoms with E-state index >= 15 is 0 Å². The number of carbonyl (C=O) groups is 2.